The van der Waals surface area contributed by atoms with E-state index < -0.39 is 0 Å². The number of hydrogen-bond acceptors (Lipinski definition) is 2. The molecule has 0 N–H and O–H groups in total. The van der Waals surface area contributed by atoms with Crippen LogP contribution in [-0.2, 0) is 4.74 Å². The largest absolute Gasteiger partial charge is 0.377 e. The molecule has 0 aromatic heterocycles. The van der Waals surface area contributed by atoms with E-state index in [1.54, 1.807) is 19.2 Å². The second kappa shape index (κ2) is 7.11. The summed E-state index contributed by atoms with van der Waals surface area (Å²) >= 11 is 0. The molecule has 0 amide bonds. The predicted molar refractivity (Wildman–Crippen MR) is 57.9 cm³/mol. The summed E-state index contributed by atoms with van der Waals surface area (Å²) in [6.45, 7) is 5.97. The molecular formula is C12H17NO. The molecule has 1 atom stereocenters. The Labute approximate surface area is 86.1 Å². The minimum Gasteiger partial charge on any atom is -0.377 e. The zero-order valence-electron chi connectivity index (χ0n) is 9.24. The summed E-state index contributed by atoms with van der Waals surface area (Å²) in [4.78, 5) is 0. The van der Waals surface area contributed by atoms with Gasteiger partial charge in [-0.25, -0.2) is 0 Å². The van der Waals surface area contributed by atoms with Gasteiger partial charge in [0.1, 0.15) is 0 Å². The van der Waals surface area contributed by atoms with Crippen LogP contribution >= 0.6 is 0 Å². The number of hydrogen-bond donors (Lipinski definition) is 0. The first-order valence-corrected chi connectivity index (χ1v) is 4.80. The molecule has 0 radical (unpaired) electrons. The van der Waals surface area contributed by atoms with Crippen molar-refractivity contribution in [3.05, 3.63) is 35.4 Å². The lowest BCUT2D eigenvalue weighted by molar-refractivity contribution is 0.119. The second-order valence-corrected chi connectivity index (χ2v) is 2.61. The highest BCUT2D eigenvalue weighted by atomic mass is 16.5. The maximum Gasteiger partial charge on any atom is 0.0991 e. The van der Waals surface area contributed by atoms with Crippen LogP contribution in [0.4, 0.5) is 0 Å². The summed E-state index contributed by atoms with van der Waals surface area (Å²) in [5.74, 6) is 0. The Balaban J connectivity index is 0.000000791. The minimum atomic E-state index is 0.0951. The first-order chi connectivity index (χ1) is 6.77. The highest BCUT2D eigenvalue weighted by Gasteiger charge is 2.01. The van der Waals surface area contributed by atoms with Gasteiger partial charge in [-0.1, -0.05) is 26.0 Å². The van der Waals surface area contributed by atoms with Crippen molar-refractivity contribution in [3.8, 4) is 6.07 Å². The maximum atomic E-state index is 8.54. The second-order valence-electron chi connectivity index (χ2n) is 2.61. The van der Waals surface area contributed by atoms with Gasteiger partial charge in [0.2, 0.25) is 0 Å². The molecule has 0 spiro atoms. The van der Waals surface area contributed by atoms with E-state index in [1.165, 1.54) is 0 Å². The van der Waals surface area contributed by atoms with Gasteiger partial charge in [0.25, 0.3) is 0 Å². The quantitative estimate of drug-likeness (QED) is 0.718. The number of ether oxygens (including phenoxy) is 1. The molecule has 1 aromatic rings. The average Bonchev–Trinajstić information content (AvgIpc) is 2.31. The van der Waals surface area contributed by atoms with Crippen LogP contribution in [0.1, 0.15) is 38.0 Å². The molecule has 1 unspecified atom stereocenters. The Morgan fingerprint density at radius 2 is 1.71 bits per heavy atom. The van der Waals surface area contributed by atoms with Gasteiger partial charge in [0.05, 0.1) is 17.7 Å². The highest BCUT2D eigenvalue weighted by Crippen LogP contribution is 2.15. The summed E-state index contributed by atoms with van der Waals surface area (Å²) in [6, 6.07) is 9.48. The first-order valence-electron chi connectivity index (χ1n) is 4.80. The van der Waals surface area contributed by atoms with Crippen LogP contribution in [0.3, 0.4) is 0 Å². The van der Waals surface area contributed by atoms with Gasteiger partial charge in [0.15, 0.2) is 0 Å². The number of nitriles is 1. The third-order valence-electron chi connectivity index (χ3n) is 1.86. The topological polar surface area (TPSA) is 33.0 Å². The SMILES string of the molecule is CC.COC(C)c1ccc(C#N)cc1. The first kappa shape index (κ1) is 12.7. The molecule has 2 nitrogen and oxygen atoms in total. The summed E-state index contributed by atoms with van der Waals surface area (Å²) < 4.78 is 5.13. The number of rotatable bonds is 2. The van der Waals surface area contributed by atoms with Gasteiger partial charge in [-0.15, -0.1) is 0 Å². The zero-order valence-corrected chi connectivity index (χ0v) is 9.24. The standard InChI is InChI=1S/C10H11NO.C2H6/c1-8(12-2)10-5-3-9(7-11)4-6-10;1-2/h3-6,8H,1-2H3;1-2H3. The van der Waals surface area contributed by atoms with Gasteiger partial charge >= 0.3 is 0 Å². The highest BCUT2D eigenvalue weighted by molar-refractivity contribution is 5.32. The molecule has 0 aliphatic rings. The third-order valence-corrected chi connectivity index (χ3v) is 1.86. The molecule has 0 fully saturated rings. The number of benzene rings is 1. The Morgan fingerprint density at radius 1 is 1.21 bits per heavy atom. The molecule has 1 aromatic carbocycles. The summed E-state index contributed by atoms with van der Waals surface area (Å²) in [7, 11) is 1.67. The van der Waals surface area contributed by atoms with Crippen molar-refractivity contribution in [1.29, 1.82) is 5.26 Å². The van der Waals surface area contributed by atoms with Gasteiger partial charge < -0.3 is 4.74 Å². The number of methoxy groups -OCH3 is 1. The molecule has 1 rings (SSSR count). The normalized spacial score (nSPS) is 10.8. The Kier molecular flexibility index (Phi) is 6.43. The van der Waals surface area contributed by atoms with E-state index in [2.05, 4.69) is 6.07 Å². The van der Waals surface area contributed by atoms with Crippen molar-refractivity contribution in [2.24, 2.45) is 0 Å². The third kappa shape index (κ3) is 3.59. The summed E-state index contributed by atoms with van der Waals surface area (Å²) in [5.41, 5.74) is 1.78. The van der Waals surface area contributed by atoms with Crippen LogP contribution < -0.4 is 0 Å². The van der Waals surface area contributed by atoms with Crippen molar-refractivity contribution in [1.82, 2.24) is 0 Å². The monoisotopic (exact) mass is 191 g/mol. The molecule has 0 aliphatic heterocycles. The van der Waals surface area contributed by atoms with E-state index in [1.807, 2.05) is 32.9 Å². The van der Waals surface area contributed by atoms with Crippen LogP contribution in [0.15, 0.2) is 24.3 Å². The molecular weight excluding hydrogens is 174 g/mol. The zero-order chi connectivity index (χ0) is 11.0. The number of nitrogens with zero attached hydrogens (tertiary/aromatic N) is 1. The lowest BCUT2D eigenvalue weighted by Gasteiger charge is -2.08. The maximum absolute atomic E-state index is 8.54. The van der Waals surface area contributed by atoms with Crippen molar-refractivity contribution in [2.75, 3.05) is 7.11 Å². The van der Waals surface area contributed by atoms with E-state index >= 15 is 0 Å². The van der Waals surface area contributed by atoms with Gasteiger partial charge in [-0.3, -0.25) is 0 Å². The summed E-state index contributed by atoms with van der Waals surface area (Å²) in [6.07, 6.45) is 0.0951. The average molecular weight is 191 g/mol. The molecule has 0 bridgehead atoms. The van der Waals surface area contributed by atoms with Crippen molar-refractivity contribution in [3.63, 3.8) is 0 Å². The van der Waals surface area contributed by atoms with E-state index in [9.17, 15) is 0 Å². The fourth-order valence-electron chi connectivity index (χ4n) is 0.965. The fourth-order valence-corrected chi connectivity index (χ4v) is 0.965. The smallest absolute Gasteiger partial charge is 0.0991 e. The Morgan fingerprint density at radius 3 is 2.07 bits per heavy atom. The molecule has 0 heterocycles. The van der Waals surface area contributed by atoms with E-state index in [-0.39, 0.29) is 6.10 Å². The predicted octanol–water partition coefficient (Wildman–Crippen LogP) is 3.29. The fraction of sp³-hybridized carbons (Fsp3) is 0.417. The Hall–Kier alpha value is -1.33. The molecule has 0 saturated heterocycles. The van der Waals surface area contributed by atoms with E-state index in [0.29, 0.717) is 5.56 Å². The summed E-state index contributed by atoms with van der Waals surface area (Å²) in [5, 5.41) is 8.54. The van der Waals surface area contributed by atoms with Crippen molar-refractivity contribution >= 4 is 0 Å². The molecule has 2 heteroatoms. The lowest BCUT2D eigenvalue weighted by atomic mass is 10.1. The molecule has 0 saturated carbocycles. The van der Waals surface area contributed by atoms with Crippen LogP contribution in [0.25, 0.3) is 0 Å². The van der Waals surface area contributed by atoms with Gasteiger partial charge in [-0.05, 0) is 24.6 Å². The molecule has 14 heavy (non-hydrogen) atoms. The van der Waals surface area contributed by atoms with E-state index in [4.69, 9.17) is 10.00 Å². The molecule has 0 aliphatic carbocycles. The van der Waals surface area contributed by atoms with Crippen LogP contribution in [0.2, 0.25) is 0 Å². The van der Waals surface area contributed by atoms with E-state index in [0.717, 1.165) is 5.56 Å². The lowest BCUT2D eigenvalue weighted by Crippen LogP contribution is -1.94. The van der Waals surface area contributed by atoms with Crippen LogP contribution in [-0.4, -0.2) is 7.11 Å². The van der Waals surface area contributed by atoms with Crippen molar-refractivity contribution < 1.29 is 4.74 Å². The van der Waals surface area contributed by atoms with Crippen LogP contribution in [0.5, 0.6) is 0 Å². The van der Waals surface area contributed by atoms with Gasteiger partial charge in [0, 0.05) is 7.11 Å². The molecule has 76 valence electrons. The van der Waals surface area contributed by atoms with Gasteiger partial charge in [-0.2, -0.15) is 5.26 Å². The Bertz CT molecular complexity index is 284. The minimum absolute atomic E-state index is 0.0951. The van der Waals surface area contributed by atoms with Crippen LogP contribution in [0, 0.1) is 11.3 Å². The van der Waals surface area contributed by atoms with Crippen molar-refractivity contribution in [2.45, 2.75) is 26.9 Å².